The molecule has 0 spiro atoms. The molecule has 8 aromatic carbocycles. The van der Waals surface area contributed by atoms with Crippen molar-refractivity contribution >= 4 is 121 Å². The van der Waals surface area contributed by atoms with Crippen LogP contribution in [0.3, 0.4) is 0 Å². The van der Waals surface area contributed by atoms with Gasteiger partial charge in [0, 0.05) is 165 Å². The molecule has 4 N–H and O–H groups in total. The van der Waals surface area contributed by atoms with Gasteiger partial charge in [-0.1, -0.05) is 111 Å². The highest BCUT2D eigenvalue weighted by Crippen LogP contribution is 2.48. The molecule has 2 fully saturated rings. The number of nitro groups is 2. The number of hydrogen-bond acceptors (Lipinski definition) is 23. The third kappa shape index (κ3) is 20.6. The largest absolute Gasteiger partial charge is 0.497 e. The Morgan fingerprint density at radius 3 is 1.30 bits per heavy atom. The van der Waals surface area contributed by atoms with Crippen molar-refractivity contribution in [1.29, 1.82) is 0 Å². The summed E-state index contributed by atoms with van der Waals surface area (Å²) < 4.78 is 114. The van der Waals surface area contributed by atoms with E-state index in [1.165, 1.54) is 82.2 Å². The molecule has 29 nitrogen and oxygen atoms in total. The second-order valence-corrected chi connectivity index (χ2v) is 42.1. The molecule has 34 heteroatoms. The number of fused-ring (bicyclic) bond motifs is 4. The monoisotopic (exact) mass is 1880 g/mol. The van der Waals surface area contributed by atoms with Crippen molar-refractivity contribution in [2.75, 3.05) is 102 Å². The Hall–Kier alpha value is -12.7. The number of carbonyl (C=O) groups is 2. The molecule has 0 saturated carbocycles. The maximum Gasteiger partial charge on any atom is 0.277 e. The minimum Gasteiger partial charge on any atom is -0.497 e. The Bertz CT molecular complexity index is 6920. The number of H-pyrrole nitrogens is 2. The van der Waals surface area contributed by atoms with Gasteiger partial charge < -0.3 is 43.5 Å². The van der Waals surface area contributed by atoms with Crippen LogP contribution in [0.1, 0.15) is 132 Å². The molecule has 2 atom stereocenters. The van der Waals surface area contributed by atoms with Gasteiger partial charge in [0.15, 0.2) is 9.84 Å². The highest BCUT2D eigenvalue weighted by molar-refractivity contribution is 7.91. The third-order valence-corrected chi connectivity index (χ3v) is 29.9. The number of carbonyl (C=O) groups excluding carboxylic acids is 2. The summed E-state index contributed by atoms with van der Waals surface area (Å²) in [6.45, 7) is 17.3. The normalized spacial score (nSPS) is 17.7. The maximum atomic E-state index is 14.1. The molecule has 2 aliphatic carbocycles. The van der Waals surface area contributed by atoms with Gasteiger partial charge >= 0.3 is 0 Å². The van der Waals surface area contributed by atoms with E-state index in [1.807, 2.05) is 48.5 Å². The zero-order valence-electron chi connectivity index (χ0n) is 73.4. The second-order valence-electron chi connectivity index (χ2n) is 35.9. The van der Waals surface area contributed by atoms with Gasteiger partial charge in [-0.05, 0) is 193 Å². The number of amides is 2. The van der Waals surface area contributed by atoms with Crippen LogP contribution in [0.5, 0.6) is 40.2 Å². The summed E-state index contributed by atoms with van der Waals surface area (Å²) >= 11 is 12.5. The van der Waals surface area contributed by atoms with E-state index in [9.17, 15) is 55.1 Å². The zero-order valence-corrected chi connectivity index (χ0v) is 77.4. The summed E-state index contributed by atoms with van der Waals surface area (Å²) in [5.74, 6) is -0.989. The molecule has 6 aliphatic rings. The van der Waals surface area contributed by atoms with Crippen LogP contribution >= 0.6 is 23.2 Å². The summed E-state index contributed by atoms with van der Waals surface area (Å²) in [6, 6.07) is 51.3. The molecular weight excluding hydrogens is 1780 g/mol. The van der Waals surface area contributed by atoms with Crippen molar-refractivity contribution in [2.24, 2.45) is 10.8 Å². The Morgan fingerprint density at radius 2 is 0.909 bits per heavy atom. The summed E-state index contributed by atoms with van der Waals surface area (Å²) in [6.07, 6.45) is 14.3. The maximum absolute atomic E-state index is 14.1. The molecule has 2 amide bonds. The lowest BCUT2D eigenvalue weighted by molar-refractivity contribution is -0.386. The number of sulfone groups is 1. The lowest BCUT2D eigenvalue weighted by Gasteiger charge is -2.39. The number of nitrogens with one attached hydrogen (secondary N) is 4. The lowest BCUT2D eigenvalue weighted by Crippen LogP contribution is -2.47. The Kier molecular flexibility index (Phi) is 25.9. The first kappa shape index (κ1) is 91.2. The van der Waals surface area contributed by atoms with Crippen molar-refractivity contribution in [3.63, 3.8) is 0 Å². The average molecular weight is 1880 g/mol. The van der Waals surface area contributed by atoms with Gasteiger partial charge in [-0.2, -0.15) is 0 Å². The van der Waals surface area contributed by atoms with Crippen molar-refractivity contribution < 1.29 is 68.4 Å². The number of hydrogen-bond donors (Lipinski definition) is 4. The molecule has 4 aliphatic heterocycles. The van der Waals surface area contributed by atoms with Crippen LogP contribution in [-0.2, 0) is 42.7 Å². The number of halogens is 2. The number of sulfonamides is 2. The van der Waals surface area contributed by atoms with E-state index in [2.05, 4.69) is 101 Å². The Morgan fingerprint density at radius 1 is 0.508 bits per heavy atom. The molecule has 8 heterocycles. The van der Waals surface area contributed by atoms with Crippen molar-refractivity contribution in [3.05, 3.63) is 293 Å². The van der Waals surface area contributed by atoms with Crippen molar-refractivity contribution in [2.45, 2.75) is 106 Å². The van der Waals surface area contributed by atoms with E-state index in [-0.39, 0.29) is 98.9 Å². The number of methoxy groups -OCH3 is 1. The van der Waals surface area contributed by atoms with Crippen molar-refractivity contribution in [3.8, 4) is 40.2 Å². The molecule has 684 valence electrons. The molecule has 2 saturated heterocycles. The first-order valence-corrected chi connectivity index (χ1v) is 49.1. The van der Waals surface area contributed by atoms with Crippen LogP contribution in [0.15, 0.2) is 233 Å². The first-order chi connectivity index (χ1) is 63.1. The van der Waals surface area contributed by atoms with Crippen LogP contribution in [0.25, 0.3) is 33.2 Å². The van der Waals surface area contributed by atoms with Crippen molar-refractivity contribution in [1.82, 2.24) is 39.2 Å². The van der Waals surface area contributed by atoms with E-state index < -0.39 is 72.7 Å². The number of pyridine rings is 2. The smallest absolute Gasteiger partial charge is 0.277 e. The lowest BCUT2D eigenvalue weighted by atomic mass is 9.72. The van der Waals surface area contributed by atoms with E-state index in [4.69, 9.17) is 46.9 Å². The number of ether oxygens (including phenoxy) is 5. The van der Waals surface area contributed by atoms with Gasteiger partial charge in [-0.3, -0.25) is 39.6 Å². The van der Waals surface area contributed by atoms with E-state index in [1.54, 1.807) is 80.2 Å². The predicted molar refractivity (Wildman–Crippen MR) is 506 cm³/mol. The van der Waals surface area contributed by atoms with Crippen LogP contribution in [-0.4, -0.2) is 169 Å². The van der Waals surface area contributed by atoms with Gasteiger partial charge in [0.2, 0.25) is 0 Å². The van der Waals surface area contributed by atoms with E-state index >= 15 is 0 Å². The van der Waals surface area contributed by atoms with E-state index in [0.717, 1.165) is 129 Å². The number of piperazine rings is 2. The number of nitrogens with zero attached hydrogens (tertiary/aromatic N) is 8. The molecule has 4 aromatic heterocycles. The van der Waals surface area contributed by atoms with Gasteiger partial charge in [-0.25, -0.2) is 44.7 Å². The summed E-state index contributed by atoms with van der Waals surface area (Å²) in [5, 5.41) is 27.8. The average Bonchev–Trinajstić information content (AvgIpc) is 1.30. The highest BCUT2D eigenvalue weighted by atomic mass is 35.5. The highest BCUT2D eigenvalue weighted by Gasteiger charge is 2.38. The zero-order chi connectivity index (χ0) is 92.7. The fourth-order valence-electron chi connectivity index (χ4n) is 18.2. The second kappa shape index (κ2) is 37.5. The van der Waals surface area contributed by atoms with Crippen LogP contribution in [0.2, 0.25) is 10.0 Å². The Balaban J connectivity index is 0.000000184. The summed E-state index contributed by atoms with van der Waals surface area (Å²) in [7, 11) is -11.2. The van der Waals surface area contributed by atoms with Crippen LogP contribution in [0, 0.1) is 31.1 Å². The number of allylic oxidation sites excluding steroid dienone is 2. The predicted octanol–water partition coefficient (Wildman–Crippen LogP) is 18.5. The number of nitro benzene ring substituents is 2. The number of anilines is 2. The number of benzene rings is 8. The Labute approximate surface area is 774 Å². The number of aromatic nitrogens is 4. The minimum absolute atomic E-state index is 0.00596. The molecular formula is C98H98Cl2N12O17S3. The first-order valence-electron chi connectivity index (χ1n) is 43.5. The number of rotatable bonds is 24. The fraction of sp³-hybridized carbons (Fsp3) is 0.306. The standard InChI is InChI=1S/C49H49ClN6O9S2.C49H49ClN6O8S/c1-49(2)16-14-34(43(27-49)32-4-8-36(50)9-5-32)29-54-18-20-55(21-19-54)37-10-13-41(46(24-37)65-38-22-33-15-17-51-47(33)52-28-38)48(57)53-67(62,63)40-25-44(56(58)59)42-23-35(30-64-45(42)26-40)31-6-11-39(12-7-31)66(3,60)61;1-49(2)16-14-34(43(27-49)32-4-8-36(50)9-5-32)29-54-18-20-55(21-19-54)37-10-13-41(46(24-37)64-39-22-33-15-17-51-47(33)52-28-39)48(57)53-65(60,61)40-25-44(56(58)59)42-23-35(30-63-45(42)26-40)31-6-11-38(62-3)12-7-31/h4-13,15,17,22,24-26,28,35H,14,16,18-21,23,27,29-30H2,1-3H3,(H,51,52)(H,53,57);4-13,15,17,22,24-26,28,35H,14,16,18-21,23,27,29-30H2,1-3H3,(H,51,52)(H,53,57)/t2*35-/m01/s1. The van der Waals surface area contributed by atoms with Gasteiger partial charge in [0.25, 0.3) is 43.2 Å². The van der Waals surface area contributed by atoms with Crippen LogP contribution < -0.4 is 42.9 Å². The summed E-state index contributed by atoms with van der Waals surface area (Å²) in [5.41, 5.74) is 12.4. The van der Waals surface area contributed by atoms with E-state index in [0.29, 0.717) is 65.3 Å². The SMILES string of the molecule is CC1(C)CCC(CN2CCN(c3ccc(C(=O)NS(=O)(=O)c4cc5c(c([N+](=O)[O-])c4)C[C@H](c4ccc(S(C)(=O)=O)cc4)CO5)c(Oc4cnc5[nH]ccc5c4)c3)CC2)=C(c2ccc(Cl)cc2)C1.COc1ccc([C@H]2COc3cc(S(=O)(=O)NC(=O)c4ccc(N5CCN(CC6=C(c7ccc(Cl)cc7)CC(C)(C)CC6)CC5)cc4Oc4cnc5[nH]ccc5c4)cc([N+](=O)[O-])c3C2)cc1. The molecule has 0 unspecified atom stereocenters. The van der Waals surface area contributed by atoms with Gasteiger partial charge in [0.05, 0.1) is 79.5 Å². The summed E-state index contributed by atoms with van der Waals surface area (Å²) in [4.78, 5) is 75.1. The molecule has 0 bridgehead atoms. The minimum atomic E-state index is -4.71. The molecule has 132 heavy (non-hydrogen) atoms. The third-order valence-electron chi connectivity index (χ3n) is 25.6. The molecule has 18 rings (SSSR count). The number of aromatic amines is 2. The van der Waals surface area contributed by atoms with Gasteiger partial charge in [-0.15, -0.1) is 0 Å². The quantitative estimate of drug-likeness (QED) is 0.0322. The fourth-order valence-corrected chi connectivity index (χ4v) is 21.1. The molecule has 0 radical (unpaired) electrons. The van der Waals surface area contributed by atoms with Crippen LogP contribution in [0.4, 0.5) is 22.7 Å². The molecule has 12 aromatic rings. The van der Waals surface area contributed by atoms with Gasteiger partial charge in [0.1, 0.15) is 51.5 Å². The topological polar surface area (TPSA) is 363 Å².